The van der Waals surface area contributed by atoms with Crippen LogP contribution in [0.3, 0.4) is 0 Å². The Morgan fingerprint density at radius 2 is 1.32 bits per heavy atom. The van der Waals surface area contributed by atoms with Gasteiger partial charge in [-0.25, -0.2) is 0 Å². The van der Waals surface area contributed by atoms with E-state index in [-0.39, 0.29) is 11.6 Å². The Balaban J connectivity index is 3.50. The van der Waals surface area contributed by atoms with Crippen LogP contribution in [0, 0.1) is 5.92 Å². The molecule has 0 rings (SSSR count). The Morgan fingerprint density at radius 1 is 0.864 bits per heavy atom. The predicted molar refractivity (Wildman–Crippen MR) is 96.1 cm³/mol. The SMILES string of the molecule is CCCCCCCCCCCCC(=O)OC(C)(C)C(C)CC. The van der Waals surface area contributed by atoms with Gasteiger partial charge >= 0.3 is 5.97 Å². The van der Waals surface area contributed by atoms with Crippen molar-refractivity contribution in [3.05, 3.63) is 0 Å². The summed E-state index contributed by atoms with van der Waals surface area (Å²) in [7, 11) is 0. The molecule has 2 heteroatoms. The molecule has 0 aliphatic carbocycles. The number of rotatable bonds is 14. The number of hydrogen-bond donors (Lipinski definition) is 0. The molecule has 1 unspecified atom stereocenters. The lowest BCUT2D eigenvalue weighted by atomic mass is 9.90. The van der Waals surface area contributed by atoms with Gasteiger partial charge in [0, 0.05) is 6.42 Å². The fraction of sp³-hybridized carbons (Fsp3) is 0.950. The average molecular weight is 313 g/mol. The van der Waals surface area contributed by atoms with Gasteiger partial charge in [0.1, 0.15) is 5.60 Å². The predicted octanol–water partition coefficient (Wildman–Crippen LogP) is 6.67. The molecule has 0 aromatic heterocycles. The molecule has 22 heavy (non-hydrogen) atoms. The summed E-state index contributed by atoms with van der Waals surface area (Å²) in [4.78, 5) is 11.9. The number of hydrogen-bond acceptors (Lipinski definition) is 2. The van der Waals surface area contributed by atoms with E-state index in [1.54, 1.807) is 0 Å². The molecular formula is C20H40O2. The average Bonchev–Trinajstić information content (AvgIpc) is 2.47. The molecule has 0 saturated heterocycles. The second-order valence-corrected chi connectivity index (χ2v) is 7.32. The van der Waals surface area contributed by atoms with Crippen LogP contribution in [0.2, 0.25) is 0 Å². The number of carbonyl (C=O) groups is 1. The molecule has 1 atom stereocenters. The third-order valence-electron chi connectivity index (χ3n) is 4.91. The molecule has 0 aromatic carbocycles. The van der Waals surface area contributed by atoms with Crippen LogP contribution in [0.15, 0.2) is 0 Å². The first kappa shape index (κ1) is 21.5. The first-order valence-electron chi connectivity index (χ1n) is 9.65. The van der Waals surface area contributed by atoms with Crippen LogP contribution in [0.1, 0.15) is 112 Å². The van der Waals surface area contributed by atoms with Gasteiger partial charge in [-0.3, -0.25) is 4.79 Å². The Labute approximate surface area is 139 Å². The summed E-state index contributed by atoms with van der Waals surface area (Å²) in [5, 5.41) is 0. The zero-order valence-electron chi connectivity index (χ0n) is 15.9. The summed E-state index contributed by atoms with van der Waals surface area (Å²) in [6.45, 7) is 10.6. The van der Waals surface area contributed by atoms with Crippen molar-refractivity contribution in [3.63, 3.8) is 0 Å². The summed E-state index contributed by atoms with van der Waals surface area (Å²) in [6.07, 6.45) is 14.6. The maximum absolute atomic E-state index is 11.9. The molecule has 2 nitrogen and oxygen atoms in total. The Hall–Kier alpha value is -0.530. The third kappa shape index (κ3) is 11.1. The van der Waals surface area contributed by atoms with Crippen molar-refractivity contribution in [2.24, 2.45) is 5.92 Å². The summed E-state index contributed by atoms with van der Waals surface area (Å²) in [5.74, 6) is 0.383. The molecule has 132 valence electrons. The molecule has 0 fully saturated rings. The van der Waals surface area contributed by atoms with Crippen molar-refractivity contribution in [2.45, 2.75) is 117 Å². The van der Waals surface area contributed by atoms with Crippen LogP contribution in [0.4, 0.5) is 0 Å². The van der Waals surface area contributed by atoms with Crippen molar-refractivity contribution in [1.29, 1.82) is 0 Å². The maximum Gasteiger partial charge on any atom is 0.306 e. The summed E-state index contributed by atoms with van der Waals surface area (Å²) in [5.41, 5.74) is -0.329. The highest BCUT2D eigenvalue weighted by Gasteiger charge is 2.28. The number of esters is 1. The van der Waals surface area contributed by atoms with E-state index in [0.29, 0.717) is 12.3 Å². The standard InChI is InChI=1S/C20H40O2/c1-6-8-9-10-11-12-13-14-15-16-17-19(21)22-20(4,5)18(3)7-2/h18H,6-17H2,1-5H3. The molecule has 0 radical (unpaired) electrons. The lowest BCUT2D eigenvalue weighted by molar-refractivity contribution is -0.161. The van der Waals surface area contributed by atoms with Gasteiger partial charge in [-0.2, -0.15) is 0 Å². The molecule has 0 heterocycles. The first-order valence-corrected chi connectivity index (χ1v) is 9.65. The largest absolute Gasteiger partial charge is 0.459 e. The van der Waals surface area contributed by atoms with Gasteiger partial charge < -0.3 is 4.74 Å². The van der Waals surface area contributed by atoms with Crippen molar-refractivity contribution < 1.29 is 9.53 Å². The Morgan fingerprint density at radius 3 is 1.77 bits per heavy atom. The fourth-order valence-corrected chi connectivity index (χ4v) is 2.69. The Bertz CT molecular complexity index is 271. The molecule has 0 N–H and O–H groups in total. The third-order valence-corrected chi connectivity index (χ3v) is 4.91. The van der Waals surface area contributed by atoms with E-state index in [2.05, 4.69) is 20.8 Å². The van der Waals surface area contributed by atoms with Crippen LogP contribution in [0.25, 0.3) is 0 Å². The van der Waals surface area contributed by atoms with Gasteiger partial charge in [-0.15, -0.1) is 0 Å². The van der Waals surface area contributed by atoms with E-state index in [9.17, 15) is 4.79 Å². The highest BCUT2D eigenvalue weighted by molar-refractivity contribution is 5.69. The molecule has 0 aliphatic rings. The molecule has 0 saturated carbocycles. The van der Waals surface area contributed by atoms with Crippen LogP contribution in [-0.4, -0.2) is 11.6 Å². The van der Waals surface area contributed by atoms with Crippen LogP contribution in [-0.2, 0) is 9.53 Å². The quantitative estimate of drug-likeness (QED) is 0.264. The van der Waals surface area contributed by atoms with Crippen molar-refractivity contribution >= 4 is 5.97 Å². The molecule has 0 aromatic rings. The van der Waals surface area contributed by atoms with Gasteiger partial charge in [0.2, 0.25) is 0 Å². The summed E-state index contributed by atoms with van der Waals surface area (Å²) in [6, 6.07) is 0. The highest BCUT2D eigenvalue weighted by Crippen LogP contribution is 2.24. The van der Waals surface area contributed by atoms with E-state index in [1.165, 1.54) is 51.4 Å². The number of ether oxygens (including phenoxy) is 1. The molecule has 0 aliphatic heterocycles. The Kier molecular flexibility index (Phi) is 12.6. The maximum atomic E-state index is 11.9. The van der Waals surface area contributed by atoms with Crippen molar-refractivity contribution in [3.8, 4) is 0 Å². The topological polar surface area (TPSA) is 26.3 Å². The number of carbonyl (C=O) groups excluding carboxylic acids is 1. The van der Waals surface area contributed by atoms with E-state index in [0.717, 1.165) is 19.3 Å². The minimum Gasteiger partial charge on any atom is -0.459 e. The van der Waals surface area contributed by atoms with E-state index >= 15 is 0 Å². The van der Waals surface area contributed by atoms with Crippen molar-refractivity contribution in [1.82, 2.24) is 0 Å². The summed E-state index contributed by atoms with van der Waals surface area (Å²) >= 11 is 0. The van der Waals surface area contributed by atoms with E-state index in [1.807, 2.05) is 13.8 Å². The minimum absolute atomic E-state index is 0.0233. The van der Waals surface area contributed by atoms with Gasteiger partial charge in [0.25, 0.3) is 0 Å². The highest BCUT2D eigenvalue weighted by atomic mass is 16.6. The van der Waals surface area contributed by atoms with Gasteiger partial charge in [-0.1, -0.05) is 78.6 Å². The lowest BCUT2D eigenvalue weighted by Gasteiger charge is -2.31. The minimum atomic E-state index is -0.329. The van der Waals surface area contributed by atoms with Crippen LogP contribution in [0.5, 0.6) is 0 Å². The molecule has 0 amide bonds. The smallest absolute Gasteiger partial charge is 0.306 e. The fourth-order valence-electron chi connectivity index (χ4n) is 2.69. The monoisotopic (exact) mass is 312 g/mol. The summed E-state index contributed by atoms with van der Waals surface area (Å²) < 4.78 is 5.63. The van der Waals surface area contributed by atoms with Gasteiger partial charge in [0.05, 0.1) is 0 Å². The molecule has 0 spiro atoms. The van der Waals surface area contributed by atoms with Gasteiger partial charge in [-0.05, 0) is 32.6 Å². The van der Waals surface area contributed by atoms with Crippen LogP contribution >= 0.6 is 0 Å². The van der Waals surface area contributed by atoms with Crippen molar-refractivity contribution in [2.75, 3.05) is 0 Å². The second kappa shape index (κ2) is 13.0. The molecule has 0 bridgehead atoms. The lowest BCUT2D eigenvalue weighted by Crippen LogP contribution is -2.34. The van der Waals surface area contributed by atoms with Gasteiger partial charge in [0.15, 0.2) is 0 Å². The normalized spacial score (nSPS) is 13.1. The zero-order chi connectivity index (χ0) is 16.8. The molecular weight excluding hydrogens is 272 g/mol. The van der Waals surface area contributed by atoms with Crippen LogP contribution < -0.4 is 0 Å². The van der Waals surface area contributed by atoms with E-state index < -0.39 is 0 Å². The first-order chi connectivity index (χ1) is 10.4. The second-order valence-electron chi connectivity index (χ2n) is 7.32. The number of unbranched alkanes of at least 4 members (excludes halogenated alkanes) is 9. The van der Waals surface area contributed by atoms with E-state index in [4.69, 9.17) is 4.74 Å². The zero-order valence-corrected chi connectivity index (χ0v) is 15.9.